The minimum Gasteiger partial charge on any atom is -0.389 e. The van der Waals surface area contributed by atoms with E-state index in [9.17, 15) is 15.2 Å². The lowest BCUT2D eigenvalue weighted by molar-refractivity contribution is -0.384. The predicted octanol–water partition coefficient (Wildman–Crippen LogP) is 0.816. The highest BCUT2D eigenvalue weighted by Gasteiger charge is 2.27. The Balaban J connectivity index is 1.95. The standard InChI is InChI=1S/C14H16N6O3/c1-15-13-2-3-18(7-14(13)21)10-4-11(19-8-16-17-9-19)6-12(5-10)20(22)23/h4-6,8-9,13-14,21H,1-3,7H2/t13-,14+/m0/s1. The van der Waals surface area contributed by atoms with Crippen molar-refractivity contribution < 1.29 is 10.0 Å². The second-order valence-corrected chi connectivity index (χ2v) is 5.39. The van der Waals surface area contributed by atoms with Crippen LogP contribution in [0.2, 0.25) is 0 Å². The van der Waals surface area contributed by atoms with Gasteiger partial charge in [0.2, 0.25) is 0 Å². The molecule has 0 saturated carbocycles. The van der Waals surface area contributed by atoms with Crippen LogP contribution in [0.25, 0.3) is 5.69 Å². The molecule has 23 heavy (non-hydrogen) atoms. The maximum Gasteiger partial charge on any atom is 0.273 e. The number of anilines is 1. The van der Waals surface area contributed by atoms with Crippen LogP contribution in [-0.2, 0) is 0 Å². The minimum atomic E-state index is -0.640. The van der Waals surface area contributed by atoms with Crippen LogP contribution in [-0.4, -0.2) is 56.7 Å². The number of rotatable bonds is 4. The van der Waals surface area contributed by atoms with E-state index in [0.29, 0.717) is 30.9 Å². The number of aliphatic hydroxyl groups is 1. The molecule has 1 fully saturated rings. The van der Waals surface area contributed by atoms with Gasteiger partial charge < -0.3 is 10.0 Å². The maximum absolute atomic E-state index is 11.2. The van der Waals surface area contributed by atoms with Crippen LogP contribution in [0, 0.1) is 10.1 Å². The molecule has 1 aliphatic heterocycles. The summed E-state index contributed by atoms with van der Waals surface area (Å²) in [7, 11) is 0. The number of nitrogens with zero attached hydrogens (tertiary/aromatic N) is 6. The monoisotopic (exact) mass is 316 g/mol. The van der Waals surface area contributed by atoms with Crippen LogP contribution in [0.1, 0.15) is 6.42 Å². The van der Waals surface area contributed by atoms with Gasteiger partial charge in [0.05, 0.1) is 22.8 Å². The van der Waals surface area contributed by atoms with Crippen molar-refractivity contribution in [2.75, 3.05) is 18.0 Å². The van der Waals surface area contributed by atoms with Crippen molar-refractivity contribution in [1.29, 1.82) is 0 Å². The van der Waals surface area contributed by atoms with E-state index >= 15 is 0 Å². The number of non-ortho nitro benzene ring substituents is 1. The van der Waals surface area contributed by atoms with Crippen molar-refractivity contribution in [3.63, 3.8) is 0 Å². The first kappa shape index (κ1) is 15.1. The van der Waals surface area contributed by atoms with Gasteiger partial charge in [-0.1, -0.05) is 0 Å². The van der Waals surface area contributed by atoms with Crippen molar-refractivity contribution in [3.05, 3.63) is 41.0 Å². The van der Waals surface area contributed by atoms with E-state index < -0.39 is 11.0 Å². The van der Waals surface area contributed by atoms with Crippen molar-refractivity contribution >= 4 is 18.1 Å². The number of benzene rings is 1. The Morgan fingerprint density at radius 1 is 1.30 bits per heavy atom. The molecule has 2 atom stereocenters. The van der Waals surface area contributed by atoms with E-state index in [1.54, 1.807) is 4.57 Å². The van der Waals surface area contributed by atoms with Crippen LogP contribution < -0.4 is 4.90 Å². The second kappa shape index (κ2) is 6.13. The van der Waals surface area contributed by atoms with Crippen LogP contribution >= 0.6 is 0 Å². The van der Waals surface area contributed by atoms with E-state index in [-0.39, 0.29) is 11.7 Å². The lowest BCUT2D eigenvalue weighted by Crippen LogP contribution is -2.46. The summed E-state index contributed by atoms with van der Waals surface area (Å²) in [6.07, 6.45) is 2.96. The van der Waals surface area contributed by atoms with Gasteiger partial charge in [-0.3, -0.25) is 19.7 Å². The van der Waals surface area contributed by atoms with Crippen molar-refractivity contribution in [2.24, 2.45) is 4.99 Å². The van der Waals surface area contributed by atoms with E-state index in [1.807, 2.05) is 11.0 Å². The van der Waals surface area contributed by atoms with Crippen molar-refractivity contribution in [2.45, 2.75) is 18.6 Å². The number of aliphatic hydroxyl groups excluding tert-OH is 1. The molecular weight excluding hydrogens is 300 g/mol. The Morgan fingerprint density at radius 2 is 2.00 bits per heavy atom. The summed E-state index contributed by atoms with van der Waals surface area (Å²) >= 11 is 0. The van der Waals surface area contributed by atoms with Gasteiger partial charge in [-0.05, 0) is 19.2 Å². The number of hydrogen-bond donors (Lipinski definition) is 1. The molecule has 0 bridgehead atoms. The molecule has 0 amide bonds. The third-order valence-corrected chi connectivity index (χ3v) is 3.96. The molecule has 0 radical (unpaired) electrons. The Labute approximate surface area is 132 Å². The first-order valence-corrected chi connectivity index (χ1v) is 7.12. The average Bonchev–Trinajstić information content (AvgIpc) is 3.09. The largest absolute Gasteiger partial charge is 0.389 e. The summed E-state index contributed by atoms with van der Waals surface area (Å²) in [5.74, 6) is 0. The molecular formula is C14H16N6O3. The molecule has 1 aliphatic rings. The molecule has 2 aromatic rings. The molecule has 120 valence electrons. The Hall–Kier alpha value is -2.81. The smallest absolute Gasteiger partial charge is 0.273 e. The van der Waals surface area contributed by atoms with E-state index in [0.717, 1.165) is 0 Å². The van der Waals surface area contributed by atoms with Gasteiger partial charge in [-0.2, -0.15) is 0 Å². The summed E-state index contributed by atoms with van der Waals surface area (Å²) in [5.41, 5.74) is 1.24. The zero-order valence-corrected chi connectivity index (χ0v) is 12.3. The predicted molar refractivity (Wildman–Crippen MR) is 84.2 cm³/mol. The summed E-state index contributed by atoms with van der Waals surface area (Å²) in [5, 5.41) is 28.7. The van der Waals surface area contributed by atoms with Gasteiger partial charge in [0.15, 0.2) is 0 Å². The lowest BCUT2D eigenvalue weighted by atomic mass is 10.0. The topological polar surface area (TPSA) is 110 Å². The number of hydrogen-bond acceptors (Lipinski definition) is 7. The molecule has 0 unspecified atom stereocenters. The molecule has 0 spiro atoms. The van der Waals surface area contributed by atoms with Gasteiger partial charge in [-0.25, -0.2) is 0 Å². The molecule has 1 aromatic heterocycles. The number of nitro benzene ring substituents is 1. The van der Waals surface area contributed by atoms with Crippen molar-refractivity contribution in [1.82, 2.24) is 14.8 Å². The molecule has 1 saturated heterocycles. The summed E-state index contributed by atoms with van der Waals surface area (Å²) in [6.45, 7) is 4.48. The Bertz CT molecular complexity index is 717. The molecule has 9 heteroatoms. The van der Waals surface area contributed by atoms with Crippen LogP contribution in [0.3, 0.4) is 0 Å². The number of nitro groups is 1. The molecule has 0 aliphatic carbocycles. The zero-order valence-electron chi connectivity index (χ0n) is 12.3. The first-order valence-electron chi connectivity index (χ1n) is 7.12. The highest BCUT2D eigenvalue weighted by Crippen LogP contribution is 2.28. The number of piperidine rings is 1. The zero-order chi connectivity index (χ0) is 16.4. The minimum absolute atomic E-state index is 0.0235. The molecule has 3 rings (SSSR count). The quantitative estimate of drug-likeness (QED) is 0.508. The Kier molecular flexibility index (Phi) is 4.02. The Morgan fingerprint density at radius 3 is 2.61 bits per heavy atom. The number of aliphatic imine (C=N–C) groups is 1. The number of aromatic nitrogens is 3. The summed E-state index contributed by atoms with van der Waals surface area (Å²) in [4.78, 5) is 16.6. The third kappa shape index (κ3) is 3.04. The highest BCUT2D eigenvalue weighted by atomic mass is 16.6. The van der Waals surface area contributed by atoms with Crippen LogP contribution in [0.5, 0.6) is 0 Å². The molecule has 1 N–H and O–H groups in total. The van der Waals surface area contributed by atoms with Gasteiger partial charge in [0, 0.05) is 30.9 Å². The van der Waals surface area contributed by atoms with E-state index in [1.165, 1.54) is 24.8 Å². The fourth-order valence-electron chi connectivity index (χ4n) is 2.72. The summed E-state index contributed by atoms with van der Waals surface area (Å²) < 4.78 is 1.60. The fourth-order valence-corrected chi connectivity index (χ4v) is 2.72. The molecule has 2 heterocycles. The normalized spacial score (nSPS) is 21.2. The van der Waals surface area contributed by atoms with Gasteiger partial charge >= 0.3 is 0 Å². The molecule has 9 nitrogen and oxygen atoms in total. The van der Waals surface area contributed by atoms with E-state index in [2.05, 4.69) is 21.9 Å². The number of β-amino-alcohol motifs (C(OH)–C–C–N with tert-alkyl or cyclic N) is 1. The maximum atomic E-state index is 11.2. The lowest BCUT2D eigenvalue weighted by Gasteiger charge is -2.35. The van der Waals surface area contributed by atoms with Gasteiger partial charge in [0.1, 0.15) is 12.7 Å². The third-order valence-electron chi connectivity index (χ3n) is 3.96. The summed E-state index contributed by atoms with van der Waals surface area (Å²) in [6, 6.07) is 4.58. The van der Waals surface area contributed by atoms with Gasteiger partial charge in [0.25, 0.3) is 5.69 Å². The van der Waals surface area contributed by atoms with E-state index in [4.69, 9.17) is 0 Å². The highest BCUT2D eigenvalue weighted by molar-refractivity contribution is 5.60. The first-order chi connectivity index (χ1) is 11.1. The average molecular weight is 316 g/mol. The SMILES string of the molecule is C=N[C@H]1CCN(c2cc(-n3cnnc3)cc([N+](=O)[O-])c2)C[C@H]1O. The van der Waals surface area contributed by atoms with Crippen LogP contribution in [0.4, 0.5) is 11.4 Å². The van der Waals surface area contributed by atoms with Crippen LogP contribution in [0.15, 0.2) is 35.8 Å². The molecule has 1 aromatic carbocycles. The fraction of sp³-hybridized carbons (Fsp3) is 0.357. The second-order valence-electron chi connectivity index (χ2n) is 5.39. The van der Waals surface area contributed by atoms with Crippen molar-refractivity contribution in [3.8, 4) is 5.69 Å². The van der Waals surface area contributed by atoms with Gasteiger partial charge in [-0.15, -0.1) is 10.2 Å².